The average molecular weight is 284 g/mol. The number of halogens is 1. The second-order valence-corrected chi connectivity index (χ2v) is 4.07. The van der Waals surface area contributed by atoms with Crippen LogP contribution in [-0.2, 0) is 0 Å². The number of nitrogens with zero attached hydrogens (tertiary/aromatic N) is 3. The summed E-state index contributed by atoms with van der Waals surface area (Å²) in [5.41, 5.74) is 0.523. The highest BCUT2D eigenvalue weighted by Gasteiger charge is 2.16. The molecule has 6 nitrogen and oxygen atoms in total. The summed E-state index contributed by atoms with van der Waals surface area (Å²) in [5, 5.41) is 9.84. The highest BCUT2D eigenvalue weighted by molar-refractivity contribution is 6.03. The Balaban J connectivity index is 1.79. The van der Waals surface area contributed by atoms with Crippen molar-refractivity contribution >= 4 is 11.9 Å². The Morgan fingerprint density at radius 2 is 1.90 bits per heavy atom. The van der Waals surface area contributed by atoms with Gasteiger partial charge in [-0.25, -0.2) is 4.98 Å². The van der Waals surface area contributed by atoms with Gasteiger partial charge in [0, 0.05) is 11.8 Å². The van der Waals surface area contributed by atoms with Crippen LogP contribution in [0.2, 0.25) is 0 Å². The summed E-state index contributed by atoms with van der Waals surface area (Å²) in [7, 11) is 0. The van der Waals surface area contributed by atoms with Gasteiger partial charge in [-0.1, -0.05) is 23.3 Å². The Morgan fingerprint density at radius 1 is 1.10 bits per heavy atom. The molecule has 2 heterocycles. The summed E-state index contributed by atoms with van der Waals surface area (Å²) in [6, 6.07) is 11.7. The van der Waals surface area contributed by atoms with Crippen LogP contribution in [-0.4, -0.2) is 21.1 Å². The molecular formula is C14H9FN4O2. The number of nitrogens with one attached hydrogen (secondary N) is 1. The summed E-state index contributed by atoms with van der Waals surface area (Å²) in [6.07, 6.45) is 1.26. The van der Waals surface area contributed by atoms with E-state index in [0.29, 0.717) is 0 Å². The van der Waals surface area contributed by atoms with Crippen LogP contribution in [0.1, 0.15) is 10.4 Å². The lowest BCUT2D eigenvalue weighted by Gasteiger charge is -2.00. The summed E-state index contributed by atoms with van der Waals surface area (Å²) >= 11 is 0. The molecule has 1 amide bonds. The van der Waals surface area contributed by atoms with Crippen molar-refractivity contribution in [3.8, 4) is 11.5 Å². The maximum atomic E-state index is 13.4. The van der Waals surface area contributed by atoms with E-state index in [1.165, 1.54) is 18.3 Å². The number of benzene rings is 1. The number of carbonyl (C=O) groups excluding carboxylic acids is 1. The lowest BCUT2D eigenvalue weighted by Crippen LogP contribution is -2.14. The Hall–Kier alpha value is -3.09. The van der Waals surface area contributed by atoms with E-state index in [4.69, 9.17) is 4.42 Å². The van der Waals surface area contributed by atoms with Crippen LogP contribution in [0.25, 0.3) is 11.5 Å². The van der Waals surface area contributed by atoms with Gasteiger partial charge in [-0.2, -0.15) is 4.39 Å². The van der Waals surface area contributed by atoms with Crippen LogP contribution < -0.4 is 5.32 Å². The number of hydrogen-bond donors (Lipinski definition) is 1. The van der Waals surface area contributed by atoms with E-state index < -0.39 is 11.9 Å². The Kier molecular flexibility index (Phi) is 3.38. The number of anilines is 1. The van der Waals surface area contributed by atoms with E-state index in [9.17, 15) is 9.18 Å². The quantitative estimate of drug-likeness (QED) is 0.747. The molecule has 0 aliphatic rings. The Labute approximate surface area is 118 Å². The normalized spacial score (nSPS) is 10.3. The Bertz CT molecular complexity index is 773. The molecule has 0 unspecified atom stereocenters. The highest BCUT2D eigenvalue weighted by atomic mass is 19.1. The molecule has 0 aliphatic carbocycles. The minimum absolute atomic E-state index is 0.109. The summed E-state index contributed by atoms with van der Waals surface area (Å²) < 4.78 is 18.7. The number of carbonyl (C=O) groups is 1. The fourth-order valence-corrected chi connectivity index (χ4v) is 1.69. The van der Waals surface area contributed by atoms with Crippen LogP contribution in [0.3, 0.4) is 0 Å². The largest absolute Gasteiger partial charge is 0.403 e. The Morgan fingerprint density at radius 3 is 2.67 bits per heavy atom. The van der Waals surface area contributed by atoms with Gasteiger partial charge in [0.15, 0.2) is 0 Å². The SMILES string of the molecule is O=C(Nc1nnc(-c2ccccc2)o1)c1cccnc1F. The zero-order valence-corrected chi connectivity index (χ0v) is 10.7. The molecule has 0 atom stereocenters. The number of hydrogen-bond acceptors (Lipinski definition) is 5. The third kappa shape index (κ3) is 2.76. The van der Waals surface area contributed by atoms with Crippen molar-refractivity contribution in [1.29, 1.82) is 0 Å². The molecule has 0 fully saturated rings. The summed E-state index contributed by atoms with van der Waals surface area (Å²) in [5.74, 6) is -1.31. The van der Waals surface area contributed by atoms with Crippen molar-refractivity contribution in [3.05, 3.63) is 60.2 Å². The number of pyridine rings is 1. The molecule has 104 valence electrons. The van der Waals surface area contributed by atoms with E-state index in [-0.39, 0.29) is 17.5 Å². The molecule has 3 aromatic rings. The first-order valence-corrected chi connectivity index (χ1v) is 6.05. The standard InChI is InChI=1S/C14H9FN4O2/c15-11-10(7-4-8-16-11)12(20)17-14-19-18-13(21-14)9-5-2-1-3-6-9/h1-8H,(H,17,19,20). The van der Waals surface area contributed by atoms with Crippen LogP contribution in [0.5, 0.6) is 0 Å². The van der Waals surface area contributed by atoms with Gasteiger partial charge < -0.3 is 4.42 Å². The first-order chi connectivity index (χ1) is 10.2. The first-order valence-electron chi connectivity index (χ1n) is 6.05. The fourth-order valence-electron chi connectivity index (χ4n) is 1.69. The third-order valence-electron chi connectivity index (χ3n) is 2.67. The van der Waals surface area contributed by atoms with E-state index >= 15 is 0 Å². The van der Waals surface area contributed by atoms with Crippen molar-refractivity contribution < 1.29 is 13.6 Å². The lowest BCUT2D eigenvalue weighted by molar-refractivity contribution is 0.101. The molecule has 0 saturated heterocycles. The minimum Gasteiger partial charge on any atom is -0.403 e. The van der Waals surface area contributed by atoms with Gasteiger partial charge in [-0.3, -0.25) is 10.1 Å². The van der Waals surface area contributed by atoms with Gasteiger partial charge in [0.05, 0.1) is 5.56 Å². The maximum absolute atomic E-state index is 13.4. The molecule has 21 heavy (non-hydrogen) atoms. The highest BCUT2D eigenvalue weighted by Crippen LogP contribution is 2.19. The second-order valence-electron chi connectivity index (χ2n) is 4.07. The third-order valence-corrected chi connectivity index (χ3v) is 2.67. The van der Waals surface area contributed by atoms with Crippen LogP contribution in [0.15, 0.2) is 53.1 Å². The molecule has 1 N–H and O–H groups in total. The molecule has 0 spiro atoms. The van der Waals surface area contributed by atoms with Gasteiger partial charge in [0.1, 0.15) is 0 Å². The molecule has 0 aliphatic heterocycles. The van der Waals surface area contributed by atoms with Gasteiger partial charge in [0.25, 0.3) is 5.91 Å². The van der Waals surface area contributed by atoms with Crippen LogP contribution in [0.4, 0.5) is 10.4 Å². The van der Waals surface area contributed by atoms with E-state index in [0.717, 1.165) is 5.56 Å². The van der Waals surface area contributed by atoms with Crippen LogP contribution in [0, 0.1) is 5.95 Å². The van der Waals surface area contributed by atoms with Gasteiger partial charge in [-0.05, 0) is 24.3 Å². The summed E-state index contributed by atoms with van der Waals surface area (Å²) in [4.78, 5) is 15.3. The van der Waals surface area contributed by atoms with Gasteiger partial charge in [-0.15, -0.1) is 5.10 Å². The van der Waals surface area contributed by atoms with Crippen LogP contribution >= 0.6 is 0 Å². The monoisotopic (exact) mass is 284 g/mol. The van der Waals surface area contributed by atoms with E-state index in [2.05, 4.69) is 20.5 Å². The molecule has 0 bridgehead atoms. The molecule has 3 rings (SSSR count). The lowest BCUT2D eigenvalue weighted by atomic mass is 10.2. The predicted molar refractivity (Wildman–Crippen MR) is 71.9 cm³/mol. The number of amides is 1. The molecular weight excluding hydrogens is 275 g/mol. The minimum atomic E-state index is -0.863. The zero-order chi connectivity index (χ0) is 14.7. The number of rotatable bonds is 3. The molecule has 7 heteroatoms. The zero-order valence-electron chi connectivity index (χ0n) is 10.7. The second kappa shape index (κ2) is 5.49. The predicted octanol–water partition coefficient (Wildman–Crippen LogP) is 2.52. The molecule has 2 aromatic heterocycles. The smallest absolute Gasteiger partial charge is 0.322 e. The number of aromatic nitrogens is 3. The van der Waals surface area contributed by atoms with E-state index in [1.807, 2.05) is 18.2 Å². The molecule has 0 saturated carbocycles. The van der Waals surface area contributed by atoms with Gasteiger partial charge in [0.2, 0.25) is 11.8 Å². The maximum Gasteiger partial charge on any atom is 0.322 e. The van der Waals surface area contributed by atoms with Crippen molar-refractivity contribution in [2.75, 3.05) is 5.32 Å². The van der Waals surface area contributed by atoms with Crippen molar-refractivity contribution in [1.82, 2.24) is 15.2 Å². The van der Waals surface area contributed by atoms with Crippen molar-refractivity contribution in [2.24, 2.45) is 0 Å². The van der Waals surface area contributed by atoms with E-state index in [1.54, 1.807) is 12.1 Å². The molecule has 1 aromatic carbocycles. The topological polar surface area (TPSA) is 80.9 Å². The first kappa shape index (κ1) is 12.9. The average Bonchev–Trinajstić information content (AvgIpc) is 2.97. The molecule has 0 radical (unpaired) electrons. The van der Waals surface area contributed by atoms with Crippen molar-refractivity contribution in [3.63, 3.8) is 0 Å². The summed E-state index contributed by atoms with van der Waals surface area (Å²) in [6.45, 7) is 0. The van der Waals surface area contributed by atoms with Gasteiger partial charge >= 0.3 is 6.01 Å². The van der Waals surface area contributed by atoms with Crippen molar-refractivity contribution in [2.45, 2.75) is 0 Å². The fraction of sp³-hybridized carbons (Fsp3) is 0.